The Bertz CT molecular complexity index is 289. The van der Waals surface area contributed by atoms with Gasteiger partial charge in [-0.05, 0) is 44.7 Å². The third kappa shape index (κ3) is 3.67. The van der Waals surface area contributed by atoms with Gasteiger partial charge in [0.1, 0.15) is 0 Å². The first-order valence-electron chi connectivity index (χ1n) is 6.06. The van der Waals surface area contributed by atoms with Crippen molar-refractivity contribution in [3.63, 3.8) is 0 Å². The van der Waals surface area contributed by atoms with Crippen molar-refractivity contribution in [2.45, 2.75) is 44.6 Å². The van der Waals surface area contributed by atoms with E-state index >= 15 is 0 Å². The summed E-state index contributed by atoms with van der Waals surface area (Å²) in [6, 6.07) is 2.98. The van der Waals surface area contributed by atoms with Crippen molar-refractivity contribution in [1.29, 1.82) is 0 Å². The fourth-order valence-corrected chi connectivity index (χ4v) is 1.85. The van der Waals surface area contributed by atoms with Crippen LogP contribution in [0.5, 0.6) is 0 Å². The summed E-state index contributed by atoms with van der Waals surface area (Å²) < 4.78 is 1.97. The molecular weight excluding hydrogens is 186 g/mol. The maximum Gasteiger partial charge on any atom is 0.0492 e. The molecule has 1 heterocycles. The second-order valence-electron chi connectivity index (χ2n) is 4.49. The summed E-state index contributed by atoms with van der Waals surface area (Å²) >= 11 is 0. The van der Waals surface area contributed by atoms with Gasteiger partial charge in [0.15, 0.2) is 0 Å². The molecular formula is C12H21N3. The Morgan fingerprint density at radius 1 is 1.40 bits per heavy atom. The van der Waals surface area contributed by atoms with Crippen molar-refractivity contribution >= 4 is 0 Å². The zero-order valence-corrected chi connectivity index (χ0v) is 9.58. The number of hydrogen-bond donors (Lipinski definition) is 1. The van der Waals surface area contributed by atoms with E-state index in [2.05, 4.69) is 16.5 Å². The second kappa shape index (κ2) is 5.31. The number of unbranched alkanes of at least 4 members (excludes halogenated alkanes) is 2. The van der Waals surface area contributed by atoms with Crippen LogP contribution in [0.25, 0.3) is 0 Å². The Kier molecular flexibility index (Phi) is 3.78. The van der Waals surface area contributed by atoms with Gasteiger partial charge in [0, 0.05) is 25.0 Å². The lowest BCUT2D eigenvalue weighted by Gasteiger charge is -2.03. The topological polar surface area (TPSA) is 29.9 Å². The first-order chi connectivity index (χ1) is 7.36. The zero-order chi connectivity index (χ0) is 10.5. The number of rotatable bonds is 7. The third-order valence-corrected chi connectivity index (χ3v) is 3.04. The van der Waals surface area contributed by atoms with Crippen molar-refractivity contribution in [3.05, 3.63) is 18.0 Å². The quantitative estimate of drug-likeness (QED) is 0.692. The summed E-state index contributed by atoms with van der Waals surface area (Å²) in [5, 5.41) is 7.71. The molecule has 3 nitrogen and oxygen atoms in total. The van der Waals surface area contributed by atoms with Crippen LogP contribution in [-0.2, 0) is 13.5 Å². The Hall–Kier alpha value is -0.830. The van der Waals surface area contributed by atoms with Crippen LogP contribution < -0.4 is 5.32 Å². The molecule has 0 aromatic carbocycles. The Balaban J connectivity index is 1.49. The van der Waals surface area contributed by atoms with Gasteiger partial charge in [0.05, 0.1) is 0 Å². The van der Waals surface area contributed by atoms with Gasteiger partial charge in [-0.2, -0.15) is 5.10 Å². The van der Waals surface area contributed by atoms with Crippen molar-refractivity contribution in [2.75, 3.05) is 6.54 Å². The fraction of sp³-hybridized carbons (Fsp3) is 0.750. The molecule has 84 valence electrons. The van der Waals surface area contributed by atoms with Crippen LogP contribution in [0.1, 0.15) is 37.8 Å². The molecule has 1 aliphatic carbocycles. The van der Waals surface area contributed by atoms with E-state index in [0.717, 1.165) is 6.04 Å². The number of hydrogen-bond acceptors (Lipinski definition) is 2. The van der Waals surface area contributed by atoms with E-state index in [1.807, 2.05) is 17.9 Å². The van der Waals surface area contributed by atoms with Gasteiger partial charge < -0.3 is 5.32 Å². The van der Waals surface area contributed by atoms with Gasteiger partial charge in [-0.15, -0.1) is 0 Å². The zero-order valence-electron chi connectivity index (χ0n) is 9.58. The Morgan fingerprint density at radius 2 is 2.27 bits per heavy atom. The van der Waals surface area contributed by atoms with Gasteiger partial charge >= 0.3 is 0 Å². The first kappa shape index (κ1) is 10.7. The molecule has 1 aliphatic rings. The van der Waals surface area contributed by atoms with Crippen LogP contribution in [0.15, 0.2) is 12.3 Å². The van der Waals surface area contributed by atoms with Crippen LogP contribution in [0.2, 0.25) is 0 Å². The smallest absolute Gasteiger partial charge is 0.0492 e. The fourth-order valence-electron chi connectivity index (χ4n) is 1.85. The molecule has 0 aliphatic heterocycles. The van der Waals surface area contributed by atoms with Crippen LogP contribution in [0.3, 0.4) is 0 Å². The molecule has 0 saturated heterocycles. The summed E-state index contributed by atoms with van der Waals surface area (Å²) in [6.07, 6.45) is 9.76. The molecule has 0 atom stereocenters. The van der Waals surface area contributed by atoms with E-state index in [9.17, 15) is 0 Å². The predicted molar refractivity (Wildman–Crippen MR) is 61.8 cm³/mol. The highest BCUT2D eigenvalue weighted by molar-refractivity contribution is 4.99. The van der Waals surface area contributed by atoms with E-state index in [0.29, 0.717) is 0 Å². The minimum Gasteiger partial charge on any atom is -0.314 e. The molecule has 1 aromatic heterocycles. The van der Waals surface area contributed by atoms with Gasteiger partial charge in [0.2, 0.25) is 0 Å². The summed E-state index contributed by atoms with van der Waals surface area (Å²) in [7, 11) is 2.02. The molecule has 0 unspecified atom stereocenters. The summed E-state index contributed by atoms with van der Waals surface area (Å²) in [4.78, 5) is 0. The molecule has 15 heavy (non-hydrogen) atoms. The van der Waals surface area contributed by atoms with Crippen LogP contribution >= 0.6 is 0 Å². The molecule has 1 N–H and O–H groups in total. The highest BCUT2D eigenvalue weighted by atomic mass is 15.2. The number of nitrogens with one attached hydrogen (secondary N) is 1. The lowest BCUT2D eigenvalue weighted by Crippen LogP contribution is -2.17. The van der Waals surface area contributed by atoms with E-state index < -0.39 is 0 Å². The monoisotopic (exact) mass is 207 g/mol. The minimum absolute atomic E-state index is 0.863. The van der Waals surface area contributed by atoms with E-state index in [-0.39, 0.29) is 0 Å². The summed E-state index contributed by atoms with van der Waals surface area (Å²) in [6.45, 7) is 1.20. The van der Waals surface area contributed by atoms with Crippen molar-refractivity contribution < 1.29 is 0 Å². The van der Waals surface area contributed by atoms with E-state index in [1.54, 1.807) is 0 Å². The molecule has 2 rings (SSSR count). The van der Waals surface area contributed by atoms with Gasteiger partial charge in [0.25, 0.3) is 0 Å². The molecule has 0 spiro atoms. The molecule has 1 saturated carbocycles. The average molecular weight is 207 g/mol. The van der Waals surface area contributed by atoms with E-state index in [1.165, 1.54) is 50.8 Å². The van der Waals surface area contributed by atoms with Crippen LogP contribution in [0.4, 0.5) is 0 Å². The van der Waals surface area contributed by atoms with E-state index in [4.69, 9.17) is 0 Å². The highest BCUT2D eigenvalue weighted by Crippen LogP contribution is 2.18. The highest BCUT2D eigenvalue weighted by Gasteiger charge is 2.19. The molecule has 0 amide bonds. The van der Waals surface area contributed by atoms with Gasteiger partial charge in [-0.25, -0.2) is 0 Å². The van der Waals surface area contributed by atoms with Crippen molar-refractivity contribution in [1.82, 2.24) is 15.1 Å². The molecule has 1 aromatic rings. The first-order valence-corrected chi connectivity index (χ1v) is 6.06. The molecule has 1 fully saturated rings. The summed E-state index contributed by atoms with van der Waals surface area (Å²) in [5.74, 6) is 0. The number of aromatic nitrogens is 2. The SMILES string of the molecule is Cn1nccc1CCCCCNC1CC1. The number of aryl methyl sites for hydroxylation is 2. The maximum atomic E-state index is 4.17. The normalized spacial score (nSPS) is 15.8. The number of nitrogens with zero attached hydrogens (tertiary/aromatic N) is 2. The van der Waals surface area contributed by atoms with Crippen molar-refractivity contribution in [3.8, 4) is 0 Å². The predicted octanol–water partition coefficient (Wildman–Crippen LogP) is 1.88. The third-order valence-electron chi connectivity index (χ3n) is 3.04. The van der Waals surface area contributed by atoms with Crippen molar-refractivity contribution in [2.24, 2.45) is 7.05 Å². The van der Waals surface area contributed by atoms with Gasteiger partial charge in [-0.3, -0.25) is 4.68 Å². The lowest BCUT2D eigenvalue weighted by atomic mass is 10.1. The molecule has 3 heteroatoms. The second-order valence-corrected chi connectivity index (χ2v) is 4.49. The maximum absolute atomic E-state index is 4.17. The largest absolute Gasteiger partial charge is 0.314 e. The molecule has 0 bridgehead atoms. The Labute approximate surface area is 91.9 Å². The minimum atomic E-state index is 0.863. The standard InChI is InChI=1S/C12H21N3/c1-15-12(8-10-14-15)5-3-2-4-9-13-11-6-7-11/h8,10-11,13H,2-7,9H2,1H3. The van der Waals surface area contributed by atoms with Crippen LogP contribution in [0, 0.1) is 0 Å². The Morgan fingerprint density at radius 3 is 2.93 bits per heavy atom. The van der Waals surface area contributed by atoms with Gasteiger partial charge in [-0.1, -0.05) is 6.42 Å². The molecule has 0 radical (unpaired) electrons. The summed E-state index contributed by atoms with van der Waals surface area (Å²) in [5.41, 5.74) is 1.35. The average Bonchev–Trinajstić information content (AvgIpc) is 2.96. The van der Waals surface area contributed by atoms with Crippen LogP contribution in [-0.4, -0.2) is 22.4 Å². The lowest BCUT2D eigenvalue weighted by molar-refractivity contribution is 0.589.